The Kier molecular flexibility index (Phi) is 3.68. The van der Waals surface area contributed by atoms with Crippen LogP contribution in [-0.4, -0.2) is 10.7 Å². The van der Waals surface area contributed by atoms with E-state index < -0.39 is 34.2 Å². The minimum absolute atomic E-state index is 0.0523. The van der Waals surface area contributed by atoms with Crippen LogP contribution in [0.5, 0.6) is 0 Å². The van der Waals surface area contributed by atoms with Crippen molar-refractivity contribution in [2.24, 2.45) is 0 Å². The molecule has 0 spiro atoms. The summed E-state index contributed by atoms with van der Waals surface area (Å²) in [4.78, 5) is 21.1. The second-order valence-electron chi connectivity index (χ2n) is 2.80. The first-order valence-electron chi connectivity index (χ1n) is 4.01. The number of carbonyl (C=O) groups excluding carboxylic acids is 1. The van der Waals surface area contributed by atoms with Gasteiger partial charge in [-0.25, -0.2) is 4.39 Å². The number of ketones is 1. The van der Waals surface area contributed by atoms with Gasteiger partial charge in [-0.15, -0.1) is 0 Å². The zero-order valence-corrected chi connectivity index (χ0v) is 9.32. The van der Waals surface area contributed by atoms with E-state index in [1.54, 1.807) is 6.07 Å². The maximum absolute atomic E-state index is 13.3. The number of hydrogen-bond acceptors (Lipinski definition) is 4. The molecule has 0 bridgehead atoms. The van der Waals surface area contributed by atoms with Crippen molar-refractivity contribution in [2.45, 2.75) is 6.42 Å². The van der Waals surface area contributed by atoms with Crippen LogP contribution < -0.4 is 0 Å². The highest BCUT2D eigenvalue weighted by molar-refractivity contribution is 9.10. The molecule has 0 N–H and O–H groups in total. The fraction of sp³-hybridized carbons (Fsp3) is 0.111. The number of halogens is 2. The van der Waals surface area contributed by atoms with Crippen LogP contribution in [0.4, 0.5) is 10.1 Å². The van der Waals surface area contributed by atoms with Gasteiger partial charge in [0.1, 0.15) is 5.82 Å². The maximum atomic E-state index is 13.3. The van der Waals surface area contributed by atoms with Crippen molar-refractivity contribution in [3.8, 4) is 6.07 Å². The zero-order valence-electron chi connectivity index (χ0n) is 7.74. The fourth-order valence-corrected chi connectivity index (χ4v) is 1.52. The Morgan fingerprint density at radius 3 is 2.75 bits per heavy atom. The summed E-state index contributed by atoms with van der Waals surface area (Å²) in [6, 6.07) is 3.21. The molecule has 0 amide bonds. The Morgan fingerprint density at radius 1 is 1.62 bits per heavy atom. The average molecular weight is 287 g/mol. The fourth-order valence-electron chi connectivity index (χ4n) is 1.06. The Bertz CT molecular complexity index is 510. The molecule has 0 radical (unpaired) electrons. The van der Waals surface area contributed by atoms with Crippen LogP contribution in [0.25, 0.3) is 0 Å². The van der Waals surface area contributed by atoms with Crippen molar-refractivity contribution < 1.29 is 14.1 Å². The van der Waals surface area contributed by atoms with Crippen molar-refractivity contribution in [1.29, 1.82) is 5.26 Å². The maximum Gasteiger partial charge on any atom is 0.284 e. The van der Waals surface area contributed by atoms with Gasteiger partial charge < -0.3 is 0 Å². The van der Waals surface area contributed by atoms with Crippen molar-refractivity contribution in [3.63, 3.8) is 0 Å². The van der Waals surface area contributed by atoms with Gasteiger partial charge in [0.15, 0.2) is 5.78 Å². The SMILES string of the molecule is N#CCC(=O)c1cc([N+](=O)[O-])c(Br)cc1F. The van der Waals surface area contributed by atoms with Crippen LogP contribution in [0.3, 0.4) is 0 Å². The topological polar surface area (TPSA) is 84.0 Å². The van der Waals surface area contributed by atoms with E-state index in [0.29, 0.717) is 0 Å². The van der Waals surface area contributed by atoms with Gasteiger partial charge in [-0.3, -0.25) is 14.9 Å². The quantitative estimate of drug-likeness (QED) is 0.486. The highest BCUT2D eigenvalue weighted by Crippen LogP contribution is 2.28. The standard InChI is InChI=1S/C9H4BrFN2O3/c10-6-4-7(11)5(9(14)1-2-12)3-8(6)13(15)16/h3-4H,1H2. The van der Waals surface area contributed by atoms with Crippen LogP contribution in [0.15, 0.2) is 16.6 Å². The number of carbonyl (C=O) groups is 1. The molecule has 0 saturated carbocycles. The highest BCUT2D eigenvalue weighted by Gasteiger charge is 2.20. The van der Waals surface area contributed by atoms with Crippen LogP contribution in [0.1, 0.15) is 16.8 Å². The third-order valence-electron chi connectivity index (χ3n) is 1.77. The minimum Gasteiger partial charge on any atom is -0.293 e. The summed E-state index contributed by atoms with van der Waals surface area (Å²) in [6.07, 6.45) is -0.518. The van der Waals surface area contributed by atoms with Gasteiger partial charge in [0, 0.05) is 6.07 Å². The largest absolute Gasteiger partial charge is 0.293 e. The van der Waals surface area contributed by atoms with Gasteiger partial charge in [0.05, 0.1) is 27.4 Å². The number of nitro groups is 1. The molecule has 0 unspecified atom stereocenters. The Balaban J connectivity index is 3.31. The van der Waals surface area contributed by atoms with Gasteiger partial charge in [-0.2, -0.15) is 5.26 Å². The van der Waals surface area contributed by atoms with Crippen LogP contribution in [0, 0.1) is 27.3 Å². The molecular formula is C9H4BrFN2O3. The Hall–Kier alpha value is -1.81. The Morgan fingerprint density at radius 2 is 2.25 bits per heavy atom. The number of hydrogen-bond donors (Lipinski definition) is 0. The lowest BCUT2D eigenvalue weighted by Gasteiger charge is -2.01. The number of Topliss-reactive ketones (excluding diaryl/α,β-unsaturated/α-hetero) is 1. The first kappa shape index (κ1) is 12.3. The van der Waals surface area contributed by atoms with Gasteiger partial charge in [0.2, 0.25) is 0 Å². The van der Waals surface area contributed by atoms with Gasteiger partial charge in [-0.05, 0) is 22.0 Å². The molecule has 0 aliphatic heterocycles. The molecule has 0 heterocycles. The molecule has 0 atom stereocenters. The van der Waals surface area contributed by atoms with Gasteiger partial charge in [0.25, 0.3) is 5.69 Å². The first-order valence-corrected chi connectivity index (χ1v) is 4.80. The van der Waals surface area contributed by atoms with E-state index in [2.05, 4.69) is 15.9 Å². The number of rotatable bonds is 3. The van der Waals surface area contributed by atoms with Crippen molar-refractivity contribution >= 4 is 27.4 Å². The van der Waals surface area contributed by atoms with Crippen LogP contribution in [0.2, 0.25) is 0 Å². The number of nitro benzene ring substituents is 1. The average Bonchev–Trinajstić information content (AvgIpc) is 2.17. The molecule has 16 heavy (non-hydrogen) atoms. The van der Waals surface area contributed by atoms with Crippen molar-refractivity contribution in [3.05, 3.63) is 38.1 Å². The number of nitriles is 1. The summed E-state index contributed by atoms with van der Waals surface area (Å²) >= 11 is 2.81. The third-order valence-corrected chi connectivity index (χ3v) is 2.41. The van der Waals surface area contributed by atoms with Crippen molar-refractivity contribution in [1.82, 2.24) is 0 Å². The Labute approximate surface area is 97.8 Å². The molecule has 1 rings (SSSR count). The predicted molar refractivity (Wildman–Crippen MR) is 55.3 cm³/mol. The van der Waals surface area contributed by atoms with E-state index in [9.17, 15) is 19.3 Å². The van der Waals surface area contributed by atoms with E-state index in [4.69, 9.17) is 5.26 Å². The molecule has 0 aromatic heterocycles. The summed E-state index contributed by atoms with van der Waals surface area (Å²) in [5.74, 6) is -1.67. The van der Waals surface area contributed by atoms with Crippen LogP contribution in [-0.2, 0) is 0 Å². The molecule has 0 saturated heterocycles. The number of nitrogens with zero attached hydrogens (tertiary/aromatic N) is 2. The van der Waals surface area contributed by atoms with Crippen LogP contribution >= 0.6 is 15.9 Å². The summed E-state index contributed by atoms with van der Waals surface area (Å²) in [6.45, 7) is 0. The molecule has 0 aliphatic rings. The molecular weight excluding hydrogens is 283 g/mol. The van der Waals surface area contributed by atoms with Crippen molar-refractivity contribution in [2.75, 3.05) is 0 Å². The summed E-state index contributed by atoms with van der Waals surface area (Å²) in [5, 5.41) is 18.8. The lowest BCUT2D eigenvalue weighted by atomic mass is 10.1. The van der Waals surface area contributed by atoms with E-state index in [1.165, 1.54) is 0 Å². The summed E-state index contributed by atoms with van der Waals surface area (Å²) in [5.41, 5.74) is -0.862. The smallest absolute Gasteiger partial charge is 0.284 e. The molecule has 82 valence electrons. The predicted octanol–water partition coefficient (Wildman–Crippen LogP) is 2.59. The molecule has 1 aromatic carbocycles. The normalized spacial score (nSPS) is 9.56. The lowest BCUT2D eigenvalue weighted by Crippen LogP contribution is -2.03. The molecule has 0 aliphatic carbocycles. The molecule has 1 aromatic rings. The molecule has 0 fully saturated rings. The third kappa shape index (κ3) is 2.41. The van der Waals surface area contributed by atoms with E-state index in [0.717, 1.165) is 12.1 Å². The van der Waals surface area contributed by atoms with E-state index >= 15 is 0 Å². The minimum atomic E-state index is -0.891. The van der Waals surface area contributed by atoms with Gasteiger partial charge in [-0.1, -0.05) is 0 Å². The second kappa shape index (κ2) is 4.81. The molecule has 5 nitrogen and oxygen atoms in total. The monoisotopic (exact) mass is 286 g/mol. The van der Waals surface area contributed by atoms with E-state index in [1.807, 2.05) is 0 Å². The zero-order chi connectivity index (χ0) is 12.3. The summed E-state index contributed by atoms with van der Waals surface area (Å²) < 4.78 is 13.2. The second-order valence-corrected chi connectivity index (χ2v) is 3.65. The first-order chi connectivity index (χ1) is 7.47. The molecule has 7 heteroatoms. The summed E-state index contributed by atoms with van der Waals surface area (Å²) in [7, 11) is 0. The van der Waals surface area contributed by atoms with E-state index in [-0.39, 0.29) is 4.47 Å². The number of benzene rings is 1. The van der Waals surface area contributed by atoms with Gasteiger partial charge >= 0.3 is 0 Å². The lowest BCUT2D eigenvalue weighted by molar-refractivity contribution is -0.385. The highest BCUT2D eigenvalue weighted by atomic mass is 79.9.